The van der Waals surface area contributed by atoms with E-state index in [4.69, 9.17) is 0 Å². The molecule has 1 aliphatic rings. The molecule has 0 atom stereocenters. The van der Waals surface area contributed by atoms with E-state index in [1.165, 1.54) is 19.5 Å². The van der Waals surface area contributed by atoms with Crippen LogP contribution in [0.15, 0.2) is 36.7 Å². The van der Waals surface area contributed by atoms with Crippen LogP contribution in [0.25, 0.3) is 0 Å². The topological polar surface area (TPSA) is 93.2 Å². The maximum atomic E-state index is 11.8. The number of benzene rings is 1. The van der Waals surface area contributed by atoms with Crippen LogP contribution in [-0.2, 0) is 4.74 Å². The summed E-state index contributed by atoms with van der Waals surface area (Å²) in [6, 6.07) is 7.04. The summed E-state index contributed by atoms with van der Waals surface area (Å²) in [7, 11) is 1.34. The van der Waals surface area contributed by atoms with Gasteiger partial charge in [0, 0.05) is 24.1 Å². The van der Waals surface area contributed by atoms with Crippen molar-refractivity contribution in [3.8, 4) is 0 Å². The number of carbonyl (C=O) groups is 2. The van der Waals surface area contributed by atoms with E-state index in [1.54, 1.807) is 24.3 Å². The van der Waals surface area contributed by atoms with Gasteiger partial charge >= 0.3 is 5.97 Å². The van der Waals surface area contributed by atoms with Crippen LogP contribution in [0.2, 0.25) is 0 Å². The van der Waals surface area contributed by atoms with Crippen molar-refractivity contribution in [2.75, 3.05) is 12.4 Å². The number of nitrogens with one attached hydrogen (secondary N) is 2. The molecule has 1 amide bonds. The zero-order valence-corrected chi connectivity index (χ0v) is 12.6. The summed E-state index contributed by atoms with van der Waals surface area (Å²) >= 11 is 0. The van der Waals surface area contributed by atoms with Gasteiger partial charge in [0.2, 0.25) is 5.95 Å². The molecule has 2 aromatic rings. The van der Waals surface area contributed by atoms with Gasteiger partial charge in [-0.25, -0.2) is 14.8 Å². The molecule has 1 heterocycles. The number of amides is 1. The normalized spacial score (nSPS) is 13.3. The molecule has 0 spiro atoms. The molecule has 0 saturated heterocycles. The van der Waals surface area contributed by atoms with Crippen molar-refractivity contribution in [3.63, 3.8) is 0 Å². The highest BCUT2D eigenvalue weighted by Gasteiger charge is 2.23. The summed E-state index contributed by atoms with van der Waals surface area (Å²) in [5.41, 5.74) is 1.63. The van der Waals surface area contributed by atoms with E-state index < -0.39 is 0 Å². The van der Waals surface area contributed by atoms with Crippen LogP contribution in [0.1, 0.15) is 33.6 Å². The number of methoxy groups -OCH3 is 1. The van der Waals surface area contributed by atoms with Crippen molar-refractivity contribution in [2.45, 2.75) is 18.9 Å². The minimum Gasteiger partial charge on any atom is -0.465 e. The molecule has 0 aliphatic heterocycles. The average Bonchev–Trinajstić information content (AvgIpc) is 3.39. The summed E-state index contributed by atoms with van der Waals surface area (Å²) in [5, 5.41) is 5.88. The van der Waals surface area contributed by atoms with Crippen LogP contribution in [0.3, 0.4) is 0 Å². The third-order valence-corrected chi connectivity index (χ3v) is 3.39. The minimum atomic E-state index is -0.390. The molecule has 1 saturated carbocycles. The third kappa shape index (κ3) is 3.82. The van der Waals surface area contributed by atoms with Crippen molar-refractivity contribution < 1.29 is 14.3 Å². The van der Waals surface area contributed by atoms with Crippen LogP contribution in [0.4, 0.5) is 11.6 Å². The molecule has 0 radical (unpaired) electrons. The number of carbonyl (C=O) groups excluding carboxylic acids is 2. The fourth-order valence-corrected chi connectivity index (χ4v) is 1.94. The molecule has 7 heteroatoms. The number of aromatic nitrogens is 2. The van der Waals surface area contributed by atoms with Crippen LogP contribution in [0.5, 0.6) is 0 Å². The zero-order chi connectivity index (χ0) is 16.2. The van der Waals surface area contributed by atoms with Gasteiger partial charge in [0.15, 0.2) is 0 Å². The standard InChI is InChI=1S/C16H16N4O3/c1-23-15(22)10-2-4-13(5-3-10)20-16-17-8-11(9-18-16)14(21)19-12-6-7-12/h2-5,8-9,12H,6-7H2,1H3,(H,19,21)(H,17,18,20). The smallest absolute Gasteiger partial charge is 0.337 e. The molecule has 23 heavy (non-hydrogen) atoms. The summed E-state index contributed by atoms with van der Waals surface area (Å²) in [6.07, 6.45) is 5.04. The van der Waals surface area contributed by atoms with Gasteiger partial charge < -0.3 is 15.4 Å². The Kier molecular flexibility index (Phi) is 4.18. The molecular weight excluding hydrogens is 296 g/mol. The fourth-order valence-electron chi connectivity index (χ4n) is 1.94. The van der Waals surface area contributed by atoms with E-state index in [1.807, 2.05) is 0 Å². The lowest BCUT2D eigenvalue weighted by Crippen LogP contribution is -2.25. The Morgan fingerprint density at radius 1 is 1.09 bits per heavy atom. The van der Waals surface area contributed by atoms with E-state index in [9.17, 15) is 9.59 Å². The second-order valence-electron chi connectivity index (χ2n) is 5.24. The number of anilines is 2. The summed E-state index contributed by atoms with van der Waals surface area (Å²) in [6.45, 7) is 0. The maximum Gasteiger partial charge on any atom is 0.337 e. The fraction of sp³-hybridized carbons (Fsp3) is 0.250. The average molecular weight is 312 g/mol. The van der Waals surface area contributed by atoms with E-state index in [2.05, 4.69) is 25.3 Å². The molecule has 1 aromatic heterocycles. The van der Waals surface area contributed by atoms with E-state index >= 15 is 0 Å². The van der Waals surface area contributed by atoms with Gasteiger partial charge in [-0.15, -0.1) is 0 Å². The van der Waals surface area contributed by atoms with Crippen molar-refractivity contribution in [1.82, 2.24) is 15.3 Å². The number of esters is 1. The van der Waals surface area contributed by atoms with Crippen LogP contribution in [0, 0.1) is 0 Å². The van der Waals surface area contributed by atoms with Crippen LogP contribution in [-0.4, -0.2) is 35.0 Å². The molecule has 1 aliphatic carbocycles. The predicted octanol–water partition coefficient (Wildman–Crippen LogP) is 1.90. The SMILES string of the molecule is COC(=O)c1ccc(Nc2ncc(C(=O)NC3CC3)cn2)cc1. The molecule has 1 aromatic carbocycles. The minimum absolute atomic E-state index is 0.151. The highest BCUT2D eigenvalue weighted by molar-refractivity contribution is 5.94. The number of hydrogen-bond acceptors (Lipinski definition) is 6. The Morgan fingerprint density at radius 2 is 1.74 bits per heavy atom. The molecule has 118 valence electrons. The van der Waals surface area contributed by atoms with Gasteiger partial charge in [0.1, 0.15) is 0 Å². The molecular formula is C16H16N4O3. The Hall–Kier alpha value is -2.96. The Labute approximate surface area is 133 Å². The molecule has 0 unspecified atom stereocenters. The van der Waals surface area contributed by atoms with Crippen molar-refractivity contribution in [1.29, 1.82) is 0 Å². The lowest BCUT2D eigenvalue weighted by Gasteiger charge is -2.06. The number of ether oxygens (including phenoxy) is 1. The number of nitrogens with zero attached hydrogens (tertiary/aromatic N) is 2. The predicted molar refractivity (Wildman–Crippen MR) is 83.6 cm³/mol. The first-order chi connectivity index (χ1) is 11.2. The molecule has 2 N–H and O–H groups in total. The van der Waals surface area contributed by atoms with Crippen molar-refractivity contribution in [2.24, 2.45) is 0 Å². The van der Waals surface area contributed by atoms with Gasteiger partial charge in [-0.2, -0.15) is 0 Å². The van der Waals surface area contributed by atoms with Gasteiger partial charge in [-0.1, -0.05) is 0 Å². The van der Waals surface area contributed by atoms with Crippen LogP contribution < -0.4 is 10.6 Å². The summed E-state index contributed by atoms with van der Waals surface area (Å²) < 4.78 is 4.64. The number of hydrogen-bond donors (Lipinski definition) is 2. The quantitative estimate of drug-likeness (QED) is 0.819. The second-order valence-corrected chi connectivity index (χ2v) is 5.24. The van der Waals surface area contributed by atoms with Crippen molar-refractivity contribution >= 4 is 23.5 Å². The molecule has 1 fully saturated rings. The van der Waals surface area contributed by atoms with Gasteiger partial charge in [-0.05, 0) is 37.1 Å². The second kappa shape index (κ2) is 6.43. The van der Waals surface area contributed by atoms with E-state index in [0.717, 1.165) is 18.5 Å². The lowest BCUT2D eigenvalue weighted by molar-refractivity contribution is 0.0600. The highest BCUT2D eigenvalue weighted by Crippen LogP contribution is 2.19. The zero-order valence-electron chi connectivity index (χ0n) is 12.6. The van der Waals surface area contributed by atoms with Gasteiger partial charge in [-0.3, -0.25) is 4.79 Å². The van der Waals surface area contributed by atoms with E-state index in [-0.39, 0.29) is 11.9 Å². The Morgan fingerprint density at radius 3 is 2.30 bits per heavy atom. The largest absolute Gasteiger partial charge is 0.465 e. The van der Waals surface area contributed by atoms with Gasteiger partial charge in [0.05, 0.1) is 18.2 Å². The molecule has 3 rings (SSSR count). The molecule has 7 nitrogen and oxygen atoms in total. The first-order valence-corrected chi connectivity index (χ1v) is 7.24. The van der Waals surface area contributed by atoms with Crippen molar-refractivity contribution in [3.05, 3.63) is 47.8 Å². The summed E-state index contributed by atoms with van der Waals surface area (Å²) in [5.74, 6) is -0.168. The van der Waals surface area contributed by atoms with Gasteiger partial charge in [0.25, 0.3) is 5.91 Å². The highest BCUT2D eigenvalue weighted by atomic mass is 16.5. The lowest BCUT2D eigenvalue weighted by atomic mass is 10.2. The monoisotopic (exact) mass is 312 g/mol. The van der Waals surface area contributed by atoms with E-state index in [0.29, 0.717) is 23.1 Å². The number of rotatable bonds is 5. The Bertz CT molecular complexity index is 709. The third-order valence-electron chi connectivity index (χ3n) is 3.39. The molecule has 0 bridgehead atoms. The maximum absolute atomic E-state index is 11.8. The first kappa shape index (κ1) is 15.0. The Balaban J connectivity index is 1.63. The summed E-state index contributed by atoms with van der Waals surface area (Å²) in [4.78, 5) is 31.4. The van der Waals surface area contributed by atoms with Crippen LogP contribution >= 0.6 is 0 Å². The first-order valence-electron chi connectivity index (χ1n) is 7.24.